The molecule has 92 valence electrons. The molecule has 0 N–H and O–H groups in total. The molecule has 2 rings (SSSR count). The summed E-state index contributed by atoms with van der Waals surface area (Å²) in [6.45, 7) is 0. The van der Waals surface area contributed by atoms with Crippen LogP contribution in [0, 0.1) is 10.1 Å². The highest BCUT2D eigenvalue weighted by molar-refractivity contribution is 9.10. The summed E-state index contributed by atoms with van der Waals surface area (Å²) in [7, 11) is 0. The monoisotopic (exact) mass is 372 g/mol. The highest BCUT2D eigenvalue weighted by Gasteiger charge is 2.10. The minimum atomic E-state index is -0.463. The van der Waals surface area contributed by atoms with E-state index in [2.05, 4.69) is 36.8 Å². The number of non-ortho nitro benzene ring substituents is 1. The molecular weight excluding hydrogens is 368 g/mol. The SMILES string of the molecule is O=[N+]([O-])c1ccc(Oc2cncc(Br)c2)c(Br)c1. The molecule has 0 spiro atoms. The average molecular weight is 374 g/mol. The quantitative estimate of drug-likeness (QED) is 0.594. The number of nitrogens with zero attached hydrogens (tertiary/aromatic N) is 2. The van der Waals surface area contributed by atoms with E-state index in [9.17, 15) is 10.1 Å². The van der Waals surface area contributed by atoms with Crippen LogP contribution in [0.2, 0.25) is 0 Å². The molecule has 5 nitrogen and oxygen atoms in total. The van der Waals surface area contributed by atoms with Gasteiger partial charge < -0.3 is 4.74 Å². The van der Waals surface area contributed by atoms with Crippen molar-refractivity contribution in [1.82, 2.24) is 4.98 Å². The van der Waals surface area contributed by atoms with Crippen molar-refractivity contribution in [1.29, 1.82) is 0 Å². The van der Waals surface area contributed by atoms with Crippen LogP contribution in [-0.2, 0) is 0 Å². The van der Waals surface area contributed by atoms with E-state index in [1.165, 1.54) is 18.2 Å². The molecule has 0 saturated carbocycles. The van der Waals surface area contributed by atoms with Gasteiger partial charge in [0.15, 0.2) is 0 Å². The van der Waals surface area contributed by atoms with E-state index in [4.69, 9.17) is 4.74 Å². The van der Waals surface area contributed by atoms with Crippen molar-refractivity contribution in [2.24, 2.45) is 0 Å². The van der Waals surface area contributed by atoms with E-state index in [0.29, 0.717) is 16.0 Å². The van der Waals surface area contributed by atoms with Crippen molar-refractivity contribution in [2.45, 2.75) is 0 Å². The Balaban J connectivity index is 2.27. The van der Waals surface area contributed by atoms with Crippen LogP contribution < -0.4 is 4.74 Å². The Hall–Kier alpha value is -1.47. The molecule has 1 heterocycles. The smallest absolute Gasteiger partial charge is 0.270 e. The molecule has 0 radical (unpaired) electrons. The fourth-order valence-electron chi connectivity index (χ4n) is 1.26. The summed E-state index contributed by atoms with van der Waals surface area (Å²) in [6.07, 6.45) is 3.19. The largest absolute Gasteiger partial charge is 0.455 e. The Morgan fingerprint density at radius 2 is 2.00 bits per heavy atom. The van der Waals surface area contributed by atoms with E-state index >= 15 is 0 Å². The zero-order chi connectivity index (χ0) is 13.1. The van der Waals surface area contributed by atoms with Crippen molar-refractivity contribution in [3.63, 3.8) is 0 Å². The minimum absolute atomic E-state index is 0.00147. The first-order valence-corrected chi connectivity index (χ1v) is 6.37. The van der Waals surface area contributed by atoms with Gasteiger partial charge in [0.1, 0.15) is 11.5 Å². The van der Waals surface area contributed by atoms with Crippen LogP contribution in [0.3, 0.4) is 0 Å². The van der Waals surface area contributed by atoms with Crippen molar-refractivity contribution in [3.05, 3.63) is 55.7 Å². The maximum absolute atomic E-state index is 10.6. The average Bonchev–Trinajstić information content (AvgIpc) is 2.31. The van der Waals surface area contributed by atoms with Crippen molar-refractivity contribution >= 4 is 37.5 Å². The molecule has 0 bridgehead atoms. The number of aromatic nitrogens is 1. The van der Waals surface area contributed by atoms with Crippen molar-refractivity contribution in [3.8, 4) is 11.5 Å². The second-order valence-corrected chi connectivity index (χ2v) is 5.08. The number of benzene rings is 1. The summed E-state index contributed by atoms with van der Waals surface area (Å²) in [5.74, 6) is 1.03. The summed E-state index contributed by atoms with van der Waals surface area (Å²) >= 11 is 6.51. The lowest BCUT2D eigenvalue weighted by atomic mass is 10.3. The van der Waals surface area contributed by atoms with Crippen LogP contribution in [0.1, 0.15) is 0 Å². The molecule has 0 aliphatic rings. The fraction of sp³-hybridized carbons (Fsp3) is 0. The molecule has 1 aromatic heterocycles. The standard InChI is InChI=1S/C11H6Br2N2O3/c12-7-3-9(6-14-5-7)18-11-2-1-8(15(16)17)4-10(11)13/h1-6H. The first-order chi connectivity index (χ1) is 8.56. The van der Waals surface area contributed by atoms with Gasteiger partial charge in [-0.15, -0.1) is 0 Å². The first kappa shape index (κ1) is 13.0. The summed E-state index contributed by atoms with van der Waals surface area (Å²) in [5.41, 5.74) is 0.00147. The first-order valence-electron chi connectivity index (χ1n) is 4.78. The van der Waals surface area contributed by atoms with Gasteiger partial charge in [0.05, 0.1) is 15.6 Å². The molecule has 0 aliphatic carbocycles. The molecule has 0 unspecified atom stereocenters. The van der Waals surface area contributed by atoms with Gasteiger partial charge in [-0.3, -0.25) is 15.1 Å². The summed E-state index contributed by atoms with van der Waals surface area (Å²) < 4.78 is 6.86. The molecule has 18 heavy (non-hydrogen) atoms. The Bertz CT molecular complexity index is 605. The third kappa shape index (κ3) is 3.05. The van der Waals surface area contributed by atoms with Crippen LogP contribution in [0.4, 0.5) is 5.69 Å². The summed E-state index contributed by atoms with van der Waals surface area (Å²) in [4.78, 5) is 14.1. The molecule has 0 fully saturated rings. The molecule has 0 saturated heterocycles. The van der Waals surface area contributed by atoms with Crippen LogP contribution in [0.5, 0.6) is 11.5 Å². The highest BCUT2D eigenvalue weighted by Crippen LogP contribution is 2.32. The van der Waals surface area contributed by atoms with E-state index in [1.54, 1.807) is 18.5 Å². The lowest BCUT2D eigenvalue weighted by Gasteiger charge is -2.07. The number of hydrogen-bond donors (Lipinski definition) is 0. The Kier molecular flexibility index (Phi) is 3.93. The zero-order valence-electron chi connectivity index (χ0n) is 8.84. The van der Waals surface area contributed by atoms with Crippen LogP contribution in [0.15, 0.2) is 45.6 Å². The second kappa shape index (κ2) is 5.45. The normalized spacial score (nSPS) is 10.1. The van der Waals surface area contributed by atoms with Gasteiger partial charge in [0.2, 0.25) is 0 Å². The van der Waals surface area contributed by atoms with Gasteiger partial charge in [0, 0.05) is 22.8 Å². The molecule has 0 amide bonds. The lowest BCUT2D eigenvalue weighted by Crippen LogP contribution is -1.90. The third-order valence-corrected chi connectivity index (χ3v) is 3.09. The van der Waals surface area contributed by atoms with Gasteiger partial charge in [-0.2, -0.15) is 0 Å². The predicted molar refractivity (Wildman–Crippen MR) is 72.8 cm³/mol. The van der Waals surface area contributed by atoms with E-state index in [0.717, 1.165) is 4.47 Å². The number of hydrogen-bond acceptors (Lipinski definition) is 4. The van der Waals surface area contributed by atoms with Crippen molar-refractivity contribution in [2.75, 3.05) is 0 Å². The predicted octanol–water partition coefficient (Wildman–Crippen LogP) is 4.31. The summed E-state index contributed by atoms with van der Waals surface area (Å²) in [5, 5.41) is 10.6. The highest BCUT2D eigenvalue weighted by atomic mass is 79.9. The molecular formula is C11H6Br2N2O3. The maximum atomic E-state index is 10.6. The van der Waals surface area contributed by atoms with Crippen LogP contribution >= 0.6 is 31.9 Å². The van der Waals surface area contributed by atoms with Crippen LogP contribution in [0.25, 0.3) is 0 Å². The maximum Gasteiger partial charge on any atom is 0.270 e. The van der Waals surface area contributed by atoms with E-state index < -0.39 is 4.92 Å². The molecule has 2 aromatic rings. The number of ether oxygens (including phenoxy) is 1. The number of rotatable bonds is 3. The van der Waals surface area contributed by atoms with E-state index in [-0.39, 0.29) is 5.69 Å². The third-order valence-electron chi connectivity index (χ3n) is 2.03. The van der Waals surface area contributed by atoms with Gasteiger partial charge in [0.25, 0.3) is 5.69 Å². The molecule has 0 atom stereocenters. The van der Waals surface area contributed by atoms with Gasteiger partial charge in [-0.1, -0.05) is 0 Å². The minimum Gasteiger partial charge on any atom is -0.455 e. The molecule has 0 aliphatic heterocycles. The van der Waals surface area contributed by atoms with E-state index in [1.807, 2.05) is 0 Å². The van der Waals surface area contributed by atoms with Crippen LogP contribution in [-0.4, -0.2) is 9.91 Å². The number of nitro benzene ring substituents is 1. The molecule has 7 heteroatoms. The topological polar surface area (TPSA) is 65.3 Å². The Morgan fingerprint density at radius 3 is 2.61 bits per heavy atom. The Morgan fingerprint density at radius 1 is 1.22 bits per heavy atom. The zero-order valence-corrected chi connectivity index (χ0v) is 12.0. The second-order valence-electron chi connectivity index (χ2n) is 3.31. The van der Waals surface area contributed by atoms with Crippen molar-refractivity contribution < 1.29 is 9.66 Å². The number of pyridine rings is 1. The van der Waals surface area contributed by atoms with Gasteiger partial charge >= 0.3 is 0 Å². The Labute approximate surface area is 119 Å². The number of nitro groups is 1. The lowest BCUT2D eigenvalue weighted by molar-refractivity contribution is -0.384. The van der Waals surface area contributed by atoms with Gasteiger partial charge in [-0.05, 0) is 44.0 Å². The number of halogens is 2. The molecule has 1 aromatic carbocycles. The fourth-order valence-corrected chi connectivity index (χ4v) is 2.05. The summed E-state index contributed by atoms with van der Waals surface area (Å²) in [6, 6.07) is 6.05. The van der Waals surface area contributed by atoms with Gasteiger partial charge in [-0.25, -0.2) is 0 Å².